The van der Waals surface area contributed by atoms with E-state index in [9.17, 15) is 13.2 Å². The first-order chi connectivity index (χ1) is 13.8. The van der Waals surface area contributed by atoms with Crippen LogP contribution in [0.25, 0.3) is 0 Å². The number of nitrogens with one attached hydrogen (secondary N) is 2. The van der Waals surface area contributed by atoms with Gasteiger partial charge in [0.2, 0.25) is 11.9 Å². The zero-order valence-electron chi connectivity index (χ0n) is 15.1. The summed E-state index contributed by atoms with van der Waals surface area (Å²) < 4.78 is 27.0. The van der Waals surface area contributed by atoms with Crippen molar-refractivity contribution in [3.63, 3.8) is 0 Å². The van der Waals surface area contributed by atoms with E-state index in [0.29, 0.717) is 15.7 Å². The van der Waals surface area contributed by atoms with Crippen molar-refractivity contribution in [1.29, 1.82) is 0 Å². The molecule has 0 saturated heterocycles. The largest absolute Gasteiger partial charge is 0.325 e. The Morgan fingerprint density at radius 3 is 2.34 bits per heavy atom. The molecule has 150 valence electrons. The minimum atomic E-state index is -3.84. The maximum absolute atomic E-state index is 12.4. The molecule has 29 heavy (non-hydrogen) atoms. The van der Waals surface area contributed by atoms with E-state index >= 15 is 0 Å². The van der Waals surface area contributed by atoms with Crippen LogP contribution >= 0.6 is 23.4 Å². The van der Waals surface area contributed by atoms with Crippen LogP contribution in [0.5, 0.6) is 0 Å². The Kier molecular flexibility index (Phi) is 6.68. The van der Waals surface area contributed by atoms with Crippen LogP contribution in [0.2, 0.25) is 5.02 Å². The van der Waals surface area contributed by atoms with Crippen molar-refractivity contribution in [1.82, 2.24) is 15.0 Å². The number of halogens is 1. The fraction of sp³-hybridized carbons (Fsp3) is 0.111. The predicted molar refractivity (Wildman–Crippen MR) is 112 cm³/mol. The summed E-state index contributed by atoms with van der Waals surface area (Å²) in [6, 6.07) is 10.8. The molecular formula is C18H16ClN5O3S2. The second-order valence-electron chi connectivity index (χ2n) is 5.74. The Labute approximate surface area is 177 Å². The lowest BCUT2D eigenvalue weighted by molar-refractivity contribution is -0.115. The lowest BCUT2D eigenvalue weighted by Gasteiger charge is -2.12. The van der Waals surface area contributed by atoms with Gasteiger partial charge < -0.3 is 5.32 Å². The van der Waals surface area contributed by atoms with E-state index in [1.165, 1.54) is 48.4 Å². The maximum Gasteiger partial charge on any atom is 0.264 e. The number of pyridine rings is 1. The Hall–Kier alpha value is -2.69. The Bertz CT molecular complexity index is 1100. The molecule has 0 radical (unpaired) electrons. The van der Waals surface area contributed by atoms with Gasteiger partial charge in [-0.3, -0.25) is 4.79 Å². The van der Waals surface area contributed by atoms with Crippen LogP contribution in [-0.2, 0) is 14.8 Å². The normalized spacial score (nSPS) is 12.2. The van der Waals surface area contributed by atoms with Crippen molar-refractivity contribution >= 4 is 50.9 Å². The summed E-state index contributed by atoms with van der Waals surface area (Å²) in [6.07, 6.45) is 4.47. The van der Waals surface area contributed by atoms with Crippen molar-refractivity contribution in [3.05, 3.63) is 66.1 Å². The summed E-state index contributed by atoms with van der Waals surface area (Å²) in [5.41, 5.74) is 0.462. The molecule has 8 nitrogen and oxygen atoms in total. The van der Waals surface area contributed by atoms with Crippen LogP contribution in [-0.4, -0.2) is 34.5 Å². The highest BCUT2D eigenvalue weighted by molar-refractivity contribution is 8.00. The first kappa shape index (κ1) is 21.0. The van der Waals surface area contributed by atoms with E-state index in [1.807, 2.05) is 0 Å². The standard InChI is InChI=1S/C18H16ClN5O3S2/c1-12(28-17-15(19)4-2-9-20-17)16(25)23-13-5-7-14(8-6-13)29(26,27)24-18-21-10-3-11-22-18/h2-12H,1H3,(H,23,25)(H,21,22,24). The van der Waals surface area contributed by atoms with E-state index < -0.39 is 15.3 Å². The average molecular weight is 450 g/mol. The van der Waals surface area contributed by atoms with Crippen molar-refractivity contribution in [2.24, 2.45) is 0 Å². The molecule has 1 atom stereocenters. The van der Waals surface area contributed by atoms with Gasteiger partial charge in [-0.05, 0) is 49.4 Å². The molecule has 0 spiro atoms. The number of nitrogens with zero attached hydrogens (tertiary/aromatic N) is 3. The first-order valence-corrected chi connectivity index (χ1v) is 11.1. The summed E-state index contributed by atoms with van der Waals surface area (Å²) in [6.45, 7) is 1.73. The highest BCUT2D eigenvalue weighted by Gasteiger charge is 2.18. The number of aromatic nitrogens is 3. The van der Waals surface area contributed by atoms with Crippen LogP contribution in [0.15, 0.2) is 71.0 Å². The minimum absolute atomic E-state index is 0.0191. The summed E-state index contributed by atoms with van der Waals surface area (Å²) in [5.74, 6) is -0.285. The number of thioether (sulfide) groups is 1. The second-order valence-corrected chi connectivity index (χ2v) is 9.16. The molecule has 0 aliphatic carbocycles. The van der Waals surface area contributed by atoms with Gasteiger partial charge in [-0.1, -0.05) is 23.4 Å². The number of rotatable bonds is 7. The van der Waals surface area contributed by atoms with Crippen LogP contribution in [0.3, 0.4) is 0 Å². The lowest BCUT2D eigenvalue weighted by atomic mass is 10.3. The third-order valence-electron chi connectivity index (χ3n) is 3.61. The zero-order chi connectivity index (χ0) is 20.9. The van der Waals surface area contributed by atoms with Gasteiger partial charge in [-0.25, -0.2) is 28.1 Å². The Morgan fingerprint density at radius 1 is 1.03 bits per heavy atom. The zero-order valence-corrected chi connectivity index (χ0v) is 17.5. The van der Waals surface area contributed by atoms with Crippen LogP contribution in [0, 0.1) is 0 Å². The maximum atomic E-state index is 12.4. The molecular weight excluding hydrogens is 434 g/mol. The molecule has 3 rings (SSSR count). The number of anilines is 2. The van der Waals surface area contributed by atoms with Crippen molar-refractivity contribution in [2.45, 2.75) is 22.1 Å². The lowest BCUT2D eigenvalue weighted by Crippen LogP contribution is -2.22. The molecule has 11 heteroatoms. The van der Waals surface area contributed by atoms with Gasteiger partial charge in [0.15, 0.2) is 0 Å². The van der Waals surface area contributed by atoms with Crippen molar-refractivity contribution in [2.75, 3.05) is 10.0 Å². The van der Waals surface area contributed by atoms with E-state index in [-0.39, 0.29) is 16.8 Å². The predicted octanol–water partition coefficient (Wildman–Crippen LogP) is 3.45. The van der Waals surface area contributed by atoms with Gasteiger partial charge in [-0.15, -0.1) is 0 Å². The summed E-state index contributed by atoms with van der Waals surface area (Å²) in [4.78, 5) is 24.2. The fourth-order valence-electron chi connectivity index (χ4n) is 2.17. The summed E-state index contributed by atoms with van der Waals surface area (Å²) >= 11 is 7.30. The minimum Gasteiger partial charge on any atom is -0.325 e. The molecule has 1 amide bonds. The molecule has 3 aromatic rings. The average Bonchev–Trinajstić information content (AvgIpc) is 2.70. The Balaban J connectivity index is 1.64. The fourth-order valence-corrected chi connectivity index (χ4v) is 4.19. The number of carbonyl (C=O) groups is 1. The summed E-state index contributed by atoms with van der Waals surface area (Å²) in [5, 5.41) is 3.32. The number of benzene rings is 1. The number of sulfonamides is 1. The van der Waals surface area contributed by atoms with Gasteiger partial charge >= 0.3 is 0 Å². The van der Waals surface area contributed by atoms with E-state index in [1.54, 1.807) is 31.3 Å². The smallest absolute Gasteiger partial charge is 0.264 e. The van der Waals surface area contributed by atoms with E-state index in [2.05, 4.69) is 25.0 Å². The molecule has 2 heterocycles. The van der Waals surface area contributed by atoms with E-state index in [0.717, 1.165) is 0 Å². The third kappa shape index (κ3) is 5.66. The molecule has 2 aromatic heterocycles. The third-order valence-corrected chi connectivity index (χ3v) is 6.48. The second kappa shape index (κ2) is 9.21. The highest BCUT2D eigenvalue weighted by atomic mass is 35.5. The molecule has 0 fully saturated rings. The summed E-state index contributed by atoms with van der Waals surface area (Å²) in [7, 11) is -3.84. The topological polar surface area (TPSA) is 114 Å². The first-order valence-electron chi connectivity index (χ1n) is 8.33. The number of carbonyl (C=O) groups excluding carboxylic acids is 1. The number of amides is 1. The van der Waals surface area contributed by atoms with Crippen molar-refractivity contribution < 1.29 is 13.2 Å². The number of hydrogen-bond acceptors (Lipinski definition) is 7. The van der Waals surface area contributed by atoms with Crippen LogP contribution in [0.4, 0.5) is 11.6 Å². The van der Waals surface area contributed by atoms with Crippen LogP contribution < -0.4 is 10.0 Å². The van der Waals surface area contributed by atoms with Gasteiger partial charge in [-0.2, -0.15) is 0 Å². The number of hydrogen-bond donors (Lipinski definition) is 2. The molecule has 1 aromatic carbocycles. The molecule has 1 unspecified atom stereocenters. The molecule has 0 aliphatic heterocycles. The molecule has 0 bridgehead atoms. The van der Waals surface area contributed by atoms with Gasteiger partial charge in [0, 0.05) is 24.3 Å². The quantitative estimate of drug-likeness (QED) is 0.531. The van der Waals surface area contributed by atoms with Crippen LogP contribution in [0.1, 0.15) is 6.92 Å². The highest BCUT2D eigenvalue weighted by Crippen LogP contribution is 2.28. The Morgan fingerprint density at radius 2 is 1.69 bits per heavy atom. The van der Waals surface area contributed by atoms with Gasteiger partial charge in [0.05, 0.1) is 15.2 Å². The van der Waals surface area contributed by atoms with E-state index in [4.69, 9.17) is 11.6 Å². The monoisotopic (exact) mass is 449 g/mol. The van der Waals surface area contributed by atoms with Gasteiger partial charge in [0.25, 0.3) is 10.0 Å². The molecule has 0 aliphatic rings. The van der Waals surface area contributed by atoms with Crippen molar-refractivity contribution in [3.8, 4) is 0 Å². The molecule has 0 saturated carbocycles. The SMILES string of the molecule is CC(Sc1ncccc1Cl)C(=O)Nc1ccc(S(=O)(=O)Nc2ncccn2)cc1. The molecule has 2 N–H and O–H groups in total. The van der Waals surface area contributed by atoms with Gasteiger partial charge in [0.1, 0.15) is 5.03 Å².